The van der Waals surface area contributed by atoms with Crippen molar-refractivity contribution in [2.45, 2.75) is 25.4 Å². The first-order chi connectivity index (χ1) is 9.16. The van der Waals surface area contributed by atoms with Crippen molar-refractivity contribution in [1.82, 2.24) is 0 Å². The molecule has 100 valence electrons. The lowest BCUT2D eigenvalue weighted by molar-refractivity contribution is -0.124. The Bertz CT molecular complexity index is 508. The standard InChI is InChI=1S/C14H14ClNO3/c15-9-3-5-10(6-4-9)16-13(17)8-11(14(16)18)12-2-1-7-19-12/h3-6,11-12H,1-2,7-8H2. The molecule has 19 heavy (non-hydrogen) atoms. The van der Waals surface area contributed by atoms with Crippen LogP contribution < -0.4 is 4.90 Å². The third-order valence-electron chi connectivity index (χ3n) is 3.68. The van der Waals surface area contributed by atoms with Gasteiger partial charge in [0.15, 0.2) is 0 Å². The van der Waals surface area contributed by atoms with E-state index >= 15 is 0 Å². The maximum absolute atomic E-state index is 12.4. The number of imide groups is 1. The summed E-state index contributed by atoms with van der Waals surface area (Å²) >= 11 is 5.82. The third kappa shape index (κ3) is 2.26. The molecular weight excluding hydrogens is 266 g/mol. The number of hydrogen-bond donors (Lipinski definition) is 0. The average Bonchev–Trinajstić information content (AvgIpc) is 3.00. The van der Waals surface area contributed by atoms with Crippen LogP contribution in [0.5, 0.6) is 0 Å². The van der Waals surface area contributed by atoms with Crippen LogP contribution in [0.25, 0.3) is 0 Å². The molecule has 0 aromatic heterocycles. The number of rotatable bonds is 2. The minimum absolute atomic E-state index is 0.103. The highest BCUT2D eigenvalue weighted by atomic mass is 35.5. The van der Waals surface area contributed by atoms with Gasteiger partial charge in [-0.1, -0.05) is 11.6 Å². The van der Waals surface area contributed by atoms with Crippen molar-refractivity contribution in [2.75, 3.05) is 11.5 Å². The highest BCUT2D eigenvalue weighted by Gasteiger charge is 2.44. The third-order valence-corrected chi connectivity index (χ3v) is 3.93. The first kappa shape index (κ1) is 12.6. The number of halogens is 1. The van der Waals surface area contributed by atoms with Crippen LogP contribution in [0.4, 0.5) is 5.69 Å². The molecule has 2 fully saturated rings. The molecule has 0 bridgehead atoms. The van der Waals surface area contributed by atoms with Crippen molar-refractivity contribution in [2.24, 2.45) is 5.92 Å². The fourth-order valence-corrected chi connectivity index (χ4v) is 2.85. The van der Waals surface area contributed by atoms with Gasteiger partial charge < -0.3 is 4.74 Å². The maximum Gasteiger partial charge on any atom is 0.240 e. The topological polar surface area (TPSA) is 46.6 Å². The van der Waals surface area contributed by atoms with Gasteiger partial charge in [-0.05, 0) is 37.1 Å². The Balaban J connectivity index is 1.84. The zero-order valence-electron chi connectivity index (χ0n) is 10.3. The second-order valence-corrected chi connectivity index (χ2v) is 5.34. The summed E-state index contributed by atoms with van der Waals surface area (Å²) in [5.74, 6) is -0.641. The summed E-state index contributed by atoms with van der Waals surface area (Å²) in [5, 5.41) is 0.582. The summed E-state index contributed by atoms with van der Waals surface area (Å²) in [5.41, 5.74) is 0.583. The van der Waals surface area contributed by atoms with Crippen molar-refractivity contribution in [3.63, 3.8) is 0 Å². The molecule has 0 aliphatic carbocycles. The van der Waals surface area contributed by atoms with Gasteiger partial charge in [0.25, 0.3) is 0 Å². The zero-order chi connectivity index (χ0) is 13.4. The number of carbonyl (C=O) groups is 2. The van der Waals surface area contributed by atoms with Crippen LogP contribution in [0, 0.1) is 5.92 Å². The van der Waals surface area contributed by atoms with Crippen molar-refractivity contribution < 1.29 is 14.3 Å². The maximum atomic E-state index is 12.4. The molecule has 5 heteroatoms. The number of ether oxygens (including phenoxy) is 1. The van der Waals surface area contributed by atoms with Gasteiger partial charge in [0.1, 0.15) is 0 Å². The molecule has 2 aliphatic rings. The van der Waals surface area contributed by atoms with Crippen LogP contribution >= 0.6 is 11.6 Å². The van der Waals surface area contributed by atoms with E-state index < -0.39 is 0 Å². The molecule has 0 spiro atoms. The molecule has 0 radical (unpaired) electrons. The second-order valence-electron chi connectivity index (χ2n) is 4.91. The van der Waals surface area contributed by atoms with Gasteiger partial charge in [-0.2, -0.15) is 0 Å². The van der Waals surface area contributed by atoms with Crippen LogP contribution in [0.1, 0.15) is 19.3 Å². The number of amides is 2. The van der Waals surface area contributed by atoms with E-state index in [9.17, 15) is 9.59 Å². The van der Waals surface area contributed by atoms with Gasteiger partial charge in [0.05, 0.1) is 17.7 Å². The van der Waals surface area contributed by atoms with E-state index in [4.69, 9.17) is 16.3 Å². The lowest BCUT2D eigenvalue weighted by atomic mass is 9.98. The molecule has 2 amide bonds. The van der Waals surface area contributed by atoms with E-state index in [1.165, 1.54) is 4.90 Å². The minimum atomic E-state index is -0.328. The van der Waals surface area contributed by atoms with Gasteiger partial charge in [-0.15, -0.1) is 0 Å². The molecule has 0 saturated carbocycles. The molecule has 2 unspecified atom stereocenters. The number of anilines is 1. The predicted octanol–water partition coefficient (Wildman–Crippen LogP) is 2.40. The fraction of sp³-hybridized carbons (Fsp3) is 0.429. The summed E-state index contributed by atoms with van der Waals surface area (Å²) in [4.78, 5) is 25.7. The highest BCUT2D eigenvalue weighted by Crippen LogP contribution is 2.33. The van der Waals surface area contributed by atoms with Crippen molar-refractivity contribution >= 4 is 29.1 Å². The lowest BCUT2D eigenvalue weighted by Gasteiger charge is -2.17. The minimum Gasteiger partial charge on any atom is -0.377 e. The summed E-state index contributed by atoms with van der Waals surface area (Å²) in [7, 11) is 0. The van der Waals surface area contributed by atoms with E-state index in [0.717, 1.165) is 12.8 Å². The van der Waals surface area contributed by atoms with Crippen LogP contribution in [0.2, 0.25) is 5.02 Å². The smallest absolute Gasteiger partial charge is 0.240 e. The molecule has 1 aromatic rings. The Kier molecular flexibility index (Phi) is 3.29. The lowest BCUT2D eigenvalue weighted by Crippen LogP contribution is -2.33. The summed E-state index contributed by atoms with van der Waals surface area (Å²) < 4.78 is 5.54. The predicted molar refractivity (Wildman–Crippen MR) is 71.0 cm³/mol. The Morgan fingerprint density at radius 2 is 1.95 bits per heavy atom. The monoisotopic (exact) mass is 279 g/mol. The normalized spacial score (nSPS) is 27.3. The molecule has 4 nitrogen and oxygen atoms in total. The van der Waals surface area contributed by atoms with Gasteiger partial charge >= 0.3 is 0 Å². The Morgan fingerprint density at radius 3 is 2.58 bits per heavy atom. The molecule has 3 rings (SSSR count). The first-order valence-electron chi connectivity index (χ1n) is 6.41. The quantitative estimate of drug-likeness (QED) is 0.781. The Labute approximate surface area is 116 Å². The molecule has 0 N–H and O–H groups in total. The summed E-state index contributed by atoms with van der Waals surface area (Å²) in [6, 6.07) is 6.74. The Hall–Kier alpha value is -1.39. The number of benzene rings is 1. The van der Waals surface area contributed by atoms with Crippen LogP contribution in [-0.2, 0) is 14.3 Å². The van der Waals surface area contributed by atoms with Crippen molar-refractivity contribution in [3.8, 4) is 0 Å². The highest BCUT2D eigenvalue weighted by molar-refractivity contribution is 6.30. The largest absolute Gasteiger partial charge is 0.377 e. The average molecular weight is 280 g/mol. The summed E-state index contributed by atoms with van der Waals surface area (Å²) in [6.07, 6.45) is 1.96. The Morgan fingerprint density at radius 1 is 1.21 bits per heavy atom. The van der Waals surface area contributed by atoms with E-state index in [0.29, 0.717) is 17.3 Å². The van der Waals surface area contributed by atoms with Gasteiger partial charge in [-0.25, -0.2) is 0 Å². The number of hydrogen-bond acceptors (Lipinski definition) is 3. The van der Waals surface area contributed by atoms with Gasteiger partial charge in [-0.3, -0.25) is 14.5 Å². The van der Waals surface area contributed by atoms with Crippen molar-refractivity contribution in [1.29, 1.82) is 0 Å². The zero-order valence-corrected chi connectivity index (χ0v) is 11.1. The molecule has 2 heterocycles. The summed E-state index contributed by atoms with van der Waals surface area (Å²) in [6.45, 7) is 0.684. The van der Waals surface area contributed by atoms with E-state index in [1.54, 1.807) is 24.3 Å². The SMILES string of the molecule is O=C1CC(C2CCCO2)C(=O)N1c1ccc(Cl)cc1. The molecular formula is C14H14ClNO3. The van der Waals surface area contributed by atoms with Crippen LogP contribution in [0.15, 0.2) is 24.3 Å². The molecule has 2 aliphatic heterocycles. The van der Waals surface area contributed by atoms with E-state index in [2.05, 4.69) is 0 Å². The van der Waals surface area contributed by atoms with Crippen LogP contribution in [0.3, 0.4) is 0 Å². The first-order valence-corrected chi connectivity index (χ1v) is 6.78. The van der Waals surface area contributed by atoms with Crippen molar-refractivity contribution in [3.05, 3.63) is 29.3 Å². The number of carbonyl (C=O) groups excluding carboxylic acids is 2. The molecule has 1 aromatic carbocycles. The number of nitrogens with zero attached hydrogens (tertiary/aromatic N) is 1. The van der Waals surface area contributed by atoms with Gasteiger partial charge in [0.2, 0.25) is 11.8 Å². The van der Waals surface area contributed by atoms with E-state index in [-0.39, 0.29) is 30.3 Å². The molecule has 2 saturated heterocycles. The molecule has 2 atom stereocenters. The fourth-order valence-electron chi connectivity index (χ4n) is 2.73. The second kappa shape index (κ2) is 4.94. The van der Waals surface area contributed by atoms with E-state index in [1.807, 2.05) is 0 Å². The van der Waals surface area contributed by atoms with Crippen LogP contribution in [-0.4, -0.2) is 24.5 Å². The van der Waals surface area contributed by atoms with Gasteiger partial charge in [0, 0.05) is 18.1 Å².